The Labute approximate surface area is 110 Å². The van der Waals surface area contributed by atoms with Crippen LogP contribution in [0.3, 0.4) is 0 Å². The highest BCUT2D eigenvalue weighted by molar-refractivity contribution is 7.99. The van der Waals surface area contributed by atoms with Crippen molar-refractivity contribution in [1.82, 2.24) is 9.97 Å². The van der Waals surface area contributed by atoms with Gasteiger partial charge in [-0.3, -0.25) is 0 Å². The van der Waals surface area contributed by atoms with Gasteiger partial charge in [0.25, 0.3) is 0 Å². The van der Waals surface area contributed by atoms with E-state index >= 15 is 0 Å². The molecule has 0 amide bonds. The highest BCUT2D eigenvalue weighted by Gasteiger charge is 1.98. The van der Waals surface area contributed by atoms with Gasteiger partial charge in [-0.15, -0.1) is 0 Å². The first kappa shape index (κ1) is 12.8. The first-order valence-corrected chi connectivity index (χ1v) is 6.63. The molecule has 0 saturated carbocycles. The van der Waals surface area contributed by atoms with Gasteiger partial charge in [-0.05, 0) is 30.7 Å². The van der Waals surface area contributed by atoms with E-state index in [1.54, 1.807) is 30.2 Å². The Hall–Kier alpha value is -1.62. The minimum atomic E-state index is -0.227. The van der Waals surface area contributed by atoms with E-state index in [1.807, 2.05) is 13.0 Å². The molecule has 3 nitrogen and oxygen atoms in total. The fraction of sp³-hybridized carbons (Fsp3) is 0.231. The molecule has 0 saturated heterocycles. The number of nitrogens with one attached hydrogen (secondary N) is 1. The Morgan fingerprint density at radius 3 is 2.78 bits per heavy atom. The summed E-state index contributed by atoms with van der Waals surface area (Å²) in [5.74, 6) is 0.606. The van der Waals surface area contributed by atoms with Crippen LogP contribution in [0.15, 0.2) is 41.8 Å². The van der Waals surface area contributed by atoms with Gasteiger partial charge in [-0.25, -0.2) is 14.4 Å². The largest absolute Gasteiger partial charge is 0.384 e. The van der Waals surface area contributed by atoms with Crippen LogP contribution < -0.4 is 5.32 Å². The molecule has 5 heteroatoms. The number of rotatable bonds is 5. The lowest BCUT2D eigenvalue weighted by Gasteiger charge is -2.05. The van der Waals surface area contributed by atoms with Crippen molar-refractivity contribution < 1.29 is 4.39 Å². The third-order valence-electron chi connectivity index (χ3n) is 2.24. The second kappa shape index (κ2) is 6.35. The molecule has 0 aliphatic heterocycles. The fourth-order valence-corrected chi connectivity index (χ4v) is 2.03. The molecule has 2 aromatic rings. The zero-order valence-corrected chi connectivity index (χ0v) is 10.9. The highest BCUT2D eigenvalue weighted by atomic mass is 32.2. The maximum Gasteiger partial charge on any atom is 0.187 e. The van der Waals surface area contributed by atoms with E-state index in [1.165, 1.54) is 12.1 Å². The number of halogens is 1. The first-order valence-electron chi connectivity index (χ1n) is 5.65. The lowest BCUT2D eigenvalue weighted by atomic mass is 10.3. The van der Waals surface area contributed by atoms with E-state index in [2.05, 4.69) is 15.3 Å². The molecule has 0 aliphatic rings. The molecular formula is C13H14FN3S. The third-order valence-corrected chi connectivity index (χ3v) is 3.12. The second-order valence-corrected chi connectivity index (χ2v) is 4.89. The smallest absolute Gasteiger partial charge is 0.187 e. The minimum absolute atomic E-state index is 0.227. The van der Waals surface area contributed by atoms with Crippen molar-refractivity contribution in [2.75, 3.05) is 17.6 Å². The molecule has 1 heterocycles. The van der Waals surface area contributed by atoms with Crippen molar-refractivity contribution in [3.8, 4) is 0 Å². The van der Waals surface area contributed by atoms with Gasteiger partial charge in [0.2, 0.25) is 0 Å². The van der Waals surface area contributed by atoms with E-state index in [9.17, 15) is 4.39 Å². The van der Waals surface area contributed by atoms with Gasteiger partial charge in [0.15, 0.2) is 5.16 Å². The number of hydrogen-bond donors (Lipinski definition) is 1. The van der Waals surface area contributed by atoms with Crippen LogP contribution >= 0.6 is 11.8 Å². The molecule has 1 N–H and O–H groups in total. The van der Waals surface area contributed by atoms with Crippen LogP contribution in [0.25, 0.3) is 0 Å². The van der Waals surface area contributed by atoms with Crippen LogP contribution in [-0.4, -0.2) is 22.3 Å². The third kappa shape index (κ3) is 4.00. The number of anilines is 1. The van der Waals surface area contributed by atoms with Crippen LogP contribution in [-0.2, 0) is 0 Å². The van der Waals surface area contributed by atoms with Crippen molar-refractivity contribution in [1.29, 1.82) is 0 Å². The van der Waals surface area contributed by atoms with Crippen molar-refractivity contribution >= 4 is 17.4 Å². The predicted molar refractivity (Wildman–Crippen MR) is 72.4 cm³/mol. The molecule has 0 atom stereocenters. The molecule has 0 unspecified atom stereocenters. The molecular weight excluding hydrogens is 249 g/mol. The number of benzene rings is 1. The maximum absolute atomic E-state index is 12.9. The van der Waals surface area contributed by atoms with Gasteiger partial charge >= 0.3 is 0 Å². The van der Waals surface area contributed by atoms with Gasteiger partial charge < -0.3 is 5.32 Å². The monoisotopic (exact) mass is 263 g/mol. The quantitative estimate of drug-likeness (QED) is 0.511. The highest BCUT2D eigenvalue weighted by Crippen LogP contribution is 2.13. The Morgan fingerprint density at radius 1 is 1.28 bits per heavy atom. The van der Waals surface area contributed by atoms with Gasteiger partial charge in [-0.2, -0.15) is 0 Å². The summed E-state index contributed by atoms with van der Waals surface area (Å²) in [6, 6.07) is 6.44. The number of aromatic nitrogens is 2. The summed E-state index contributed by atoms with van der Waals surface area (Å²) in [6.45, 7) is 2.70. The van der Waals surface area contributed by atoms with Crippen molar-refractivity contribution in [3.63, 3.8) is 0 Å². The number of thioether (sulfide) groups is 1. The zero-order valence-electron chi connectivity index (χ0n) is 10.1. The van der Waals surface area contributed by atoms with E-state index < -0.39 is 0 Å². The molecule has 94 valence electrons. The SMILES string of the molecule is Cc1cnc(SCCNc2cccc(F)c2)nc1. The molecule has 0 fully saturated rings. The molecule has 0 bridgehead atoms. The van der Waals surface area contributed by atoms with Crippen molar-refractivity contribution in [2.24, 2.45) is 0 Å². The molecule has 0 aliphatic carbocycles. The zero-order chi connectivity index (χ0) is 12.8. The van der Waals surface area contributed by atoms with Gasteiger partial charge in [0.05, 0.1) is 0 Å². The standard InChI is InChI=1S/C13H14FN3S/c1-10-8-16-13(17-9-10)18-6-5-15-12-4-2-3-11(14)7-12/h2-4,7-9,15H,5-6H2,1H3. The van der Waals surface area contributed by atoms with E-state index in [4.69, 9.17) is 0 Å². The molecule has 1 aromatic heterocycles. The van der Waals surface area contributed by atoms with Crippen LogP contribution in [0.2, 0.25) is 0 Å². The van der Waals surface area contributed by atoms with Crippen LogP contribution in [0.1, 0.15) is 5.56 Å². The molecule has 18 heavy (non-hydrogen) atoms. The van der Waals surface area contributed by atoms with Gasteiger partial charge in [0, 0.05) is 30.4 Å². The fourth-order valence-electron chi connectivity index (χ4n) is 1.39. The number of nitrogens with zero attached hydrogens (tertiary/aromatic N) is 2. The summed E-state index contributed by atoms with van der Waals surface area (Å²) < 4.78 is 12.9. The summed E-state index contributed by atoms with van der Waals surface area (Å²) in [6.07, 6.45) is 3.60. The molecule has 2 rings (SSSR count). The summed E-state index contributed by atoms with van der Waals surface area (Å²) in [5, 5.41) is 3.92. The van der Waals surface area contributed by atoms with Crippen LogP contribution in [0.5, 0.6) is 0 Å². The number of hydrogen-bond acceptors (Lipinski definition) is 4. The molecule has 1 aromatic carbocycles. The summed E-state index contributed by atoms with van der Waals surface area (Å²) >= 11 is 1.57. The Kier molecular flexibility index (Phi) is 4.52. The van der Waals surface area contributed by atoms with Crippen molar-refractivity contribution in [2.45, 2.75) is 12.1 Å². The first-order chi connectivity index (χ1) is 8.74. The molecule has 0 radical (unpaired) electrons. The Morgan fingerprint density at radius 2 is 2.06 bits per heavy atom. The average molecular weight is 263 g/mol. The summed E-state index contributed by atoms with van der Waals surface area (Å²) in [5.41, 5.74) is 1.85. The Balaban J connectivity index is 1.74. The van der Waals surface area contributed by atoms with Gasteiger partial charge in [-0.1, -0.05) is 17.8 Å². The maximum atomic E-state index is 12.9. The Bertz CT molecular complexity index is 502. The summed E-state index contributed by atoms with van der Waals surface area (Å²) in [4.78, 5) is 8.40. The van der Waals surface area contributed by atoms with Crippen molar-refractivity contribution in [3.05, 3.63) is 48.0 Å². The normalized spacial score (nSPS) is 10.3. The molecule has 0 spiro atoms. The number of aryl methyl sites for hydroxylation is 1. The predicted octanol–water partition coefficient (Wildman–Crippen LogP) is 3.13. The average Bonchev–Trinajstić information content (AvgIpc) is 2.37. The van der Waals surface area contributed by atoms with E-state index in [0.29, 0.717) is 0 Å². The second-order valence-electron chi connectivity index (χ2n) is 3.83. The topological polar surface area (TPSA) is 37.8 Å². The lowest BCUT2D eigenvalue weighted by molar-refractivity contribution is 0.628. The van der Waals surface area contributed by atoms with Gasteiger partial charge in [0.1, 0.15) is 5.82 Å². The lowest BCUT2D eigenvalue weighted by Crippen LogP contribution is -2.04. The van der Waals surface area contributed by atoms with E-state index in [-0.39, 0.29) is 5.82 Å². The van der Waals surface area contributed by atoms with Crippen LogP contribution in [0, 0.1) is 12.7 Å². The minimum Gasteiger partial charge on any atom is -0.384 e. The van der Waals surface area contributed by atoms with Crippen LogP contribution in [0.4, 0.5) is 10.1 Å². The summed E-state index contributed by atoms with van der Waals surface area (Å²) in [7, 11) is 0. The van der Waals surface area contributed by atoms with E-state index in [0.717, 1.165) is 28.7 Å².